The maximum absolute atomic E-state index is 12.7. The van der Waals surface area contributed by atoms with E-state index in [4.69, 9.17) is 4.74 Å². The van der Waals surface area contributed by atoms with Gasteiger partial charge in [-0.1, -0.05) is 18.2 Å². The van der Waals surface area contributed by atoms with Crippen LogP contribution in [0.15, 0.2) is 24.3 Å². The molecule has 1 heterocycles. The number of nitrogens with zero attached hydrogens (tertiary/aromatic N) is 2. The van der Waals surface area contributed by atoms with Crippen molar-refractivity contribution in [2.45, 2.75) is 38.6 Å². The summed E-state index contributed by atoms with van der Waals surface area (Å²) in [7, 11) is 1.50. The topological polar surface area (TPSA) is 93.5 Å². The highest BCUT2D eigenvalue weighted by molar-refractivity contribution is 5.96. The molecule has 2 aromatic rings. The summed E-state index contributed by atoms with van der Waals surface area (Å²) >= 11 is 0. The fourth-order valence-electron chi connectivity index (χ4n) is 3.34. The average molecular weight is 357 g/mol. The number of carbonyl (C=O) groups excluding carboxylic acids is 1. The Kier molecular flexibility index (Phi) is 5.37. The lowest BCUT2D eigenvalue weighted by Gasteiger charge is -2.13. The third-order valence-electron chi connectivity index (χ3n) is 4.70. The van der Waals surface area contributed by atoms with Gasteiger partial charge in [-0.05, 0) is 37.8 Å². The predicted octanol–water partition coefficient (Wildman–Crippen LogP) is 1.89. The van der Waals surface area contributed by atoms with E-state index in [2.05, 4.69) is 10.4 Å². The number of fused-ring (bicyclic) bond motifs is 1. The van der Waals surface area contributed by atoms with Gasteiger partial charge in [0.2, 0.25) is 0 Å². The number of benzene rings is 1. The molecule has 7 heteroatoms. The molecule has 1 aliphatic rings. The first-order valence-electron chi connectivity index (χ1n) is 8.72. The van der Waals surface area contributed by atoms with Gasteiger partial charge in [0, 0.05) is 31.4 Å². The first-order valence-corrected chi connectivity index (χ1v) is 8.72. The maximum Gasteiger partial charge on any atom is 0.326 e. The van der Waals surface area contributed by atoms with Gasteiger partial charge in [0.15, 0.2) is 5.69 Å². The number of aromatic nitrogens is 2. The third-order valence-corrected chi connectivity index (χ3v) is 4.70. The van der Waals surface area contributed by atoms with E-state index in [1.807, 2.05) is 35.9 Å². The standard InChI is InChI=1S/C19H23N3O4/c1-12-6-3-4-8-15(12)22-16-9-5-7-13(16)17(21-22)18(23)20-14(19(24)25)10-11-26-2/h3-4,6,8,14H,5,7,9-11H2,1-2H3,(H,20,23)(H,24,25). The van der Waals surface area contributed by atoms with Crippen LogP contribution in [0.1, 0.15) is 40.2 Å². The van der Waals surface area contributed by atoms with E-state index in [1.54, 1.807) is 0 Å². The highest BCUT2D eigenvalue weighted by atomic mass is 16.5. The Morgan fingerprint density at radius 3 is 2.81 bits per heavy atom. The zero-order chi connectivity index (χ0) is 18.7. The van der Waals surface area contributed by atoms with Gasteiger partial charge in [-0.25, -0.2) is 9.48 Å². The molecule has 1 aromatic carbocycles. The average Bonchev–Trinajstić information content (AvgIpc) is 3.21. The van der Waals surface area contributed by atoms with Crippen LogP contribution in [0.4, 0.5) is 0 Å². The number of ether oxygens (including phenoxy) is 1. The quantitative estimate of drug-likeness (QED) is 0.789. The fourth-order valence-corrected chi connectivity index (χ4v) is 3.34. The summed E-state index contributed by atoms with van der Waals surface area (Å²) in [5, 5.41) is 16.4. The Morgan fingerprint density at radius 2 is 2.12 bits per heavy atom. The number of amides is 1. The minimum absolute atomic E-state index is 0.207. The van der Waals surface area contributed by atoms with Crippen LogP contribution in [-0.4, -0.2) is 46.5 Å². The number of rotatable bonds is 7. The van der Waals surface area contributed by atoms with Gasteiger partial charge in [0.1, 0.15) is 6.04 Å². The number of carbonyl (C=O) groups is 2. The van der Waals surface area contributed by atoms with E-state index in [1.165, 1.54) is 7.11 Å². The number of hydrogen-bond acceptors (Lipinski definition) is 4. The molecule has 26 heavy (non-hydrogen) atoms. The van der Waals surface area contributed by atoms with Crippen molar-refractivity contribution in [2.75, 3.05) is 13.7 Å². The molecule has 1 amide bonds. The number of para-hydroxylation sites is 1. The van der Waals surface area contributed by atoms with Crippen LogP contribution in [0.2, 0.25) is 0 Å². The normalized spacial score (nSPS) is 14.1. The van der Waals surface area contributed by atoms with Gasteiger partial charge in [-0.2, -0.15) is 5.10 Å². The lowest BCUT2D eigenvalue weighted by atomic mass is 10.1. The first kappa shape index (κ1) is 18.1. The van der Waals surface area contributed by atoms with Gasteiger partial charge >= 0.3 is 5.97 Å². The molecule has 3 rings (SSSR count). The van der Waals surface area contributed by atoms with Crippen LogP contribution >= 0.6 is 0 Å². The second-order valence-electron chi connectivity index (χ2n) is 6.47. The molecule has 1 aliphatic carbocycles. The minimum atomic E-state index is -1.08. The van der Waals surface area contributed by atoms with Gasteiger partial charge in [-0.3, -0.25) is 4.79 Å². The van der Waals surface area contributed by atoms with Crippen molar-refractivity contribution in [1.29, 1.82) is 0 Å². The molecule has 0 spiro atoms. The van der Waals surface area contributed by atoms with E-state index in [0.29, 0.717) is 5.69 Å². The molecular weight excluding hydrogens is 334 g/mol. The Hall–Kier alpha value is -2.67. The number of carboxylic acid groups (broad SMARTS) is 1. The number of carboxylic acids is 1. The number of hydrogen-bond donors (Lipinski definition) is 2. The molecule has 1 unspecified atom stereocenters. The van der Waals surface area contributed by atoms with Crippen LogP contribution in [0.5, 0.6) is 0 Å². The summed E-state index contributed by atoms with van der Waals surface area (Å²) in [6, 6.07) is 6.88. The molecule has 0 aliphatic heterocycles. The number of aryl methyl sites for hydroxylation is 1. The summed E-state index contributed by atoms with van der Waals surface area (Å²) in [4.78, 5) is 24.1. The van der Waals surface area contributed by atoms with Gasteiger partial charge in [-0.15, -0.1) is 0 Å². The molecule has 1 atom stereocenters. The smallest absolute Gasteiger partial charge is 0.326 e. The van der Waals surface area contributed by atoms with E-state index in [9.17, 15) is 14.7 Å². The van der Waals surface area contributed by atoms with Crippen molar-refractivity contribution >= 4 is 11.9 Å². The lowest BCUT2D eigenvalue weighted by Crippen LogP contribution is -2.42. The van der Waals surface area contributed by atoms with E-state index < -0.39 is 17.9 Å². The molecule has 1 aromatic heterocycles. The molecule has 2 N–H and O–H groups in total. The minimum Gasteiger partial charge on any atom is -0.480 e. The summed E-state index contributed by atoms with van der Waals surface area (Å²) in [6.07, 6.45) is 2.80. The van der Waals surface area contributed by atoms with Crippen LogP contribution in [0.3, 0.4) is 0 Å². The van der Waals surface area contributed by atoms with E-state index in [-0.39, 0.29) is 13.0 Å². The van der Waals surface area contributed by atoms with Crippen molar-refractivity contribution in [3.63, 3.8) is 0 Å². The molecular formula is C19H23N3O4. The van der Waals surface area contributed by atoms with Gasteiger partial charge in [0.05, 0.1) is 5.69 Å². The highest BCUT2D eigenvalue weighted by Gasteiger charge is 2.29. The summed E-state index contributed by atoms with van der Waals surface area (Å²) in [5.41, 5.74) is 4.29. The fraction of sp³-hybridized carbons (Fsp3) is 0.421. The Balaban J connectivity index is 1.91. The van der Waals surface area contributed by atoms with E-state index in [0.717, 1.165) is 41.8 Å². The number of aliphatic carboxylic acids is 1. The number of methoxy groups -OCH3 is 1. The molecule has 0 fully saturated rings. The largest absolute Gasteiger partial charge is 0.480 e. The Labute approximate surface area is 152 Å². The van der Waals surface area contributed by atoms with Crippen molar-refractivity contribution in [2.24, 2.45) is 0 Å². The summed E-state index contributed by atoms with van der Waals surface area (Å²) in [5.74, 6) is -1.52. The highest BCUT2D eigenvalue weighted by Crippen LogP contribution is 2.28. The zero-order valence-corrected chi connectivity index (χ0v) is 15.0. The maximum atomic E-state index is 12.7. The van der Waals surface area contributed by atoms with Crippen molar-refractivity contribution in [3.8, 4) is 5.69 Å². The van der Waals surface area contributed by atoms with E-state index >= 15 is 0 Å². The Morgan fingerprint density at radius 1 is 1.35 bits per heavy atom. The van der Waals surface area contributed by atoms with Crippen LogP contribution in [-0.2, 0) is 22.4 Å². The predicted molar refractivity (Wildman–Crippen MR) is 95.7 cm³/mol. The molecule has 0 radical (unpaired) electrons. The van der Waals surface area contributed by atoms with Crippen molar-refractivity contribution < 1.29 is 19.4 Å². The molecule has 7 nitrogen and oxygen atoms in total. The Bertz CT molecular complexity index is 828. The third kappa shape index (κ3) is 3.48. The van der Waals surface area contributed by atoms with Crippen molar-refractivity contribution in [1.82, 2.24) is 15.1 Å². The summed E-state index contributed by atoms with van der Waals surface area (Å²) in [6.45, 7) is 2.26. The molecule has 0 bridgehead atoms. The molecule has 0 saturated carbocycles. The summed E-state index contributed by atoms with van der Waals surface area (Å²) < 4.78 is 6.76. The second-order valence-corrected chi connectivity index (χ2v) is 6.47. The molecule has 138 valence electrons. The molecule has 0 saturated heterocycles. The first-order chi connectivity index (χ1) is 12.5. The van der Waals surface area contributed by atoms with Crippen LogP contribution in [0, 0.1) is 6.92 Å². The van der Waals surface area contributed by atoms with Gasteiger partial charge < -0.3 is 15.2 Å². The van der Waals surface area contributed by atoms with Crippen molar-refractivity contribution in [3.05, 3.63) is 46.8 Å². The van der Waals surface area contributed by atoms with Crippen LogP contribution in [0.25, 0.3) is 5.69 Å². The number of nitrogens with one attached hydrogen (secondary N) is 1. The monoisotopic (exact) mass is 357 g/mol. The van der Waals surface area contributed by atoms with Crippen LogP contribution < -0.4 is 5.32 Å². The SMILES string of the molecule is COCCC(NC(=O)c1nn(-c2ccccc2C)c2c1CCC2)C(=O)O. The second kappa shape index (κ2) is 7.70. The van der Waals surface area contributed by atoms with Gasteiger partial charge in [0.25, 0.3) is 5.91 Å². The lowest BCUT2D eigenvalue weighted by molar-refractivity contribution is -0.139. The zero-order valence-electron chi connectivity index (χ0n) is 15.0.